The molecule has 0 aliphatic rings. The molecule has 0 aliphatic carbocycles. The van der Waals surface area contributed by atoms with Crippen LogP contribution in [0.15, 0.2) is 12.1 Å². The highest BCUT2D eigenvalue weighted by Crippen LogP contribution is 2.24. The van der Waals surface area contributed by atoms with E-state index in [0.717, 1.165) is 23.5 Å². The summed E-state index contributed by atoms with van der Waals surface area (Å²) in [6.45, 7) is 1.90. The van der Waals surface area contributed by atoms with Crippen molar-refractivity contribution in [2.45, 2.75) is 6.92 Å². The van der Waals surface area contributed by atoms with Crippen LogP contribution in [0.1, 0.15) is 16.7 Å². The third-order valence-corrected chi connectivity index (χ3v) is 2.88. The van der Waals surface area contributed by atoms with Gasteiger partial charge in [-0.05, 0) is 13.0 Å². The smallest absolute Gasteiger partial charge is 0.367 e. The molecule has 0 saturated carbocycles. The van der Waals surface area contributed by atoms with E-state index in [2.05, 4.69) is 4.98 Å². The van der Waals surface area contributed by atoms with Crippen LogP contribution < -0.4 is 0 Å². The van der Waals surface area contributed by atoms with Gasteiger partial charge in [0.15, 0.2) is 11.6 Å². The molecule has 0 fully saturated rings. The molecule has 2 aromatic rings. The van der Waals surface area contributed by atoms with Crippen LogP contribution in [0.2, 0.25) is 0 Å². The fourth-order valence-electron chi connectivity index (χ4n) is 1.20. The van der Waals surface area contributed by atoms with E-state index in [1.165, 1.54) is 0 Å². The first-order valence-electron chi connectivity index (χ1n) is 4.54. The highest BCUT2D eigenvalue weighted by molar-refractivity contribution is 7.20. The number of esters is 1. The number of thiazole rings is 1. The van der Waals surface area contributed by atoms with Crippen LogP contribution >= 0.6 is 11.3 Å². The number of aromatic nitrogens is 1. The van der Waals surface area contributed by atoms with Gasteiger partial charge in [-0.25, -0.2) is 18.6 Å². The van der Waals surface area contributed by atoms with E-state index in [-0.39, 0.29) is 17.1 Å². The van der Waals surface area contributed by atoms with Gasteiger partial charge in [-0.15, -0.1) is 11.3 Å². The molecule has 2 rings (SSSR count). The van der Waals surface area contributed by atoms with E-state index in [1.807, 2.05) is 0 Å². The summed E-state index contributed by atoms with van der Waals surface area (Å²) in [5.74, 6) is -2.51. The quantitative estimate of drug-likeness (QED) is 0.761. The second kappa shape index (κ2) is 4.13. The van der Waals surface area contributed by atoms with Crippen LogP contribution in [0.4, 0.5) is 8.78 Å². The van der Waals surface area contributed by atoms with E-state index >= 15 is 0 Å². The monoisotopic (exact) mass is 243 g/mol. The van der Waals surface area contributed by atoms with Crippen LogP contribution in [0, 0.1) is 11.6 Å². The second-order valence-electron chi connectivity index (χ2n) is 2.97. The van der Waals surface area contributed by atoms with Crippen molar-refractivity contribution in [3.05, 3.63) is 28.8 Å². The molecule has 6 heteroatoms. The lowest BCUT2D eigenvalue weighted by molar-refractivity contribution is 0.0526. The van der Waals surface area contributed by atoms with E-state index in [0.29, 0.717) is 4.70 Å². The molecule has 0 aliphatic heterocycles. The fourth-order valence-corrected chi connectivity index (χ4v) is 2.07. The van der Waals surface area contributed by atoms with Gasteiger partial charge < -0.3 is 4.74 Å². The minimum atomic E-state index is -0.979. The SMILES string of the molecule is CCOC(=O)c1nc2cc(F)c(F)cc2s1. The number of carbonyl (C=O) groups excluding carboxylic acids is 1. The zero-order valence-corrected chi connectivity index (χ0v) is 9.11. The molecule has 1 aromatic heterocycles. The van der Waals surface area contributed by atoms with Crippen molar-refractivity contribution in [3.63, 3.8) is 0 Å². The molecule has 0 atom stereocenters. The van der Waals surface area contributed by atoms with E-state index in [9.17, 15) is 13.6 Å². The topological polar surface area (TPSA) is 39.2 Å². The molecule has 0 amide bonds. The predicted octanol–water partition coefficient (Wildman–Crippen LogP) is 2.75. The molecule has 0 spiro atoms. The van der Waals surface area contributed by atoms with Crippen LogP contribution in [0.5, 0.6) is 0 Å². The lowest BCUT2D eigenvalue weighted by atomic mass is 10.3. The fraction of sp³-hybridized carbons (Fsp3) is 0.200. The molecule has 0 saturated heterocycles. The molecular formula is C10H7F2NO2S. The van der Waals surface area contributed by atoms with Gasteiger partial charge in [0, 0.05) is 6.07 Å². The molecule has 16 heavy (non-hydrogen) atoms. The average Bonchev–Trinajstić information content (AvgIpc) is 2.62. The third-order valence-electron chi connectivity index (χ3n) is 1.88. The Morgan fingerprint density at radius 3 is 2.81 bits per heavy atom. The summed E-state index contributed by atoms with van der Waals surface area (Å²) >= 11 is 0.976. The molecule has 1 aromatic carbocycles. The van der Waals surface area contributed by atoms with Crippen molar-refractivity contribution in [1.82, 2.24) is 4.98 Å². The Morgan fingerprint density at radius 1 is 1.44 bits per heavy atom. The molecular weight excluding hydrogens is 236 g/mol. The Bertz CT molecular complexity index is 514. The van der Waals surface area contributed by atoms with Gasteiger partial charge in [0.2, 0.25) is 5.01 Å². The summed E-state index contributed by atoms with van der Waals surface area (Å²) in [6, 6.07) is 1.98. The maximum absolute atomic E-state index is 12.9. The number of fused-ring (bicyclic) bond motifs is 1. The Morgan fingerprint density at radius 2 is 2.12 bits per heavy atom. The largest absolute Gasteiger partial charge is 0.461 e. The molecule has 0 unspecified atom stereocenters. The summed E-state index contributed by atoms with van der Waals surface area (Å²) in [5, 5.41) is 0.0989. The summed E-state index contributed by atoms with van der Waals surface area (Å²) < 4.78 is 30.9. The van der Waals surface area contributed by atoms with Gasteiger partial charge in [-0.1, -0.05) is 0 Å². The highest BCUT2D eigenvalue weighted by Gasteiger charge is 2.15. The first-order chi connectivity index (χ1) is 7.61. The average molecular weight is 243 g/mol. The first kappa shape index (κ1) is 10.9. The minimum Gasteiger partial charge on any atom is -0.461 e. The number of rotatable bonds is 2. The van der Waals surface area contributed by atoms with Crippen molar-refractivity contribution in [1.29, 1.82) is 0 Å². The number of ether oxygens (including phenoxy) is 1. The molecule has 84 valence electrons. The van der Waals surface area contributed by atoms with Crippen LogP contribution in [-0.2, 0) is 4.74 Å². The summed E-state index contributed by atoms with van der Waals surface area (Å²) in [4.78, 5) is 15.2. The summed E-state index contributed by atoms with van der Waals surface area (Å²) in [7, 11) is 0. The van der Waals surface area contributed by atoms with Gasteiger partial charge in [0.05, 0.1) is 16.8 Å². The Balaban J connectivity index is 2.48. The van der Waals surface area contributed by atoms with Gasteiger partial charge in [-0.2, -0.15) is 0 Å². The number of halogens is 2. The first-order valence-corrected chi connectivity index (χ1v) is 5.36. The molecule has 1 heterocycles. The van der Waals surface area contributed by atoms with Crippen LogP contribution in [0.3, 0.4) is 0 Å². The molecule has 0 radical (unpaired) electrons. The van der Waals surface area contributed by atoms with Gasteiger partial charge >= 0.3 is 5.97 Å². The standard InChI is InChI=1S/C10H7F2NO2S/c1-2-15-10(14)9-13-7-3-5(11)6(12)4-8(7)16-9/h3-4H,2H2,1H3. The Hall–Kier alpha value is -1.56. The summed E-state index contributed by atoms with van der Waals surface area (Å²) in [6.07, 6.45) is 0. The zero-order valence-electron chi connectivity index (χ0n) is 8.29. The van der Waals surface area contributed by atoms with Gasteiger partial charge in [0.1, 0.15) is 0 Å². The maximum atomic E-state index is 12.9. The summed E-state index contributed by atoms with van der Waals surface area (Å²) in [5.41, 5.74) is 0.256. The number of nitrogens with zero attached hydrogens (tertiary/aromatic N) is 1. The van der Waals surface area contributed by atoms with Crippen LogP contribution in [0.25, 0.3) is 10.2 Å². The van der Waals surface area contributed by atoms with Crippen LogP contribution in [-0.4, -0.2) is 17.6 Å². The molecule has 0 N–H and O–H groups in total. The zero-order chi connectivity index (χ0) is 11.7. The third kappa shape index (κ3) is 1.88. The number of hydrogen-bond acceptors (Lipinski definition) is 4. The second-order valence-corrected chi connectivity index (χ2v) is 4.00. The lowest BCUT2D eigenvalue weighted by Crippen LogP contribution is -2.03. The predicted molar refractivity (Wildman–Crippen MR) is 55.5 cm³/mol. The number of hydrogen-bond donors (Lipinski definition) is 0. The number of benzene rings is 1. The van der Waals surface area contributed by atoms with Crippen molar-refractivity contribution in [3.8, 4) is 0 Å². The lowest BCUT2D eigenvalue weighted by Gasteiger charge is -1.94. The minimum absolute atomic E-state index is 0.0989. The molecule has 3 nitrogen and oxygen atoms in total. The van der Waals surface area contributed by atoms with Crippen molar-refractivity contribution >= 4 is 27.5 Å². The van der Waals surface area contributed by atoms with Crippen molar-refractivity contribution in [2.75, 3.05) is 6.61 Å². The normalized spacial score (nSPS) is 10.7. The van der Waals surface area contributed by atoms with Gasteiger partial charge in [-0.3, -0.25) is 0 Å². The van der Waals surface area contributed by atoms with E-state index in [4.69, 9.17) is 4.74 Å². The maximum Gasteiger partial charge on any atom is 0.367 e. The van der Waals surface area contributed by atoms with Crippen molar-refractivity contribution in [2.24, 2.45) is 0 Å². The van der Waals surface area contributed by atoms with Gasteiger partial charge in [0.25, 0.3) is 0 Å². The highest BCUT2D eigenvalue weighted by atomic mass is 32.1. The van der Waals surface area contributed by atoms with Crippen molar-refractivity contribution < 1.29 is 18.3 Å². The van der Waals surface area contributed by atoms with E-state index in [1.54, 1.807) is 6.92 Å². The molecule has 0 bridgehead atoms. The Labute approximate surface area is 93.7 Å². The Kier molecular flexibility index (Phi) is 2.82. The number of carbonyl (C=O) groups is 1. The van der Waals surface area contributed by atoms with E-state index < -0.39 is 17.6 Å².